The molecule has 2 aromatic rings. The molecule has 0 aliphatic rings. The average Bonchev–Trinajstić information content (AvgIpc) is 2.49. The molecule has 0 spiro atoms. The molecule has 0 saturated heterocycles. The van der Waals surface area contributed by atoms with Crippen LogP contribution in [0.5, 0.6) is 0 Å². The van der Waals surface area contributed by atoms with Gasteiger partial charge >= 0.3 is 0 Å². The lowest BCUT2D eigenvalue weighted by Gasteiger charge is -1.84. The molecule has 0 unspecified atom stereocenters. The summed E-state index contributed by atoms with van der Waals surface area (Å²) < 4.78 is 1.72. The molecule has 0 saturated carbocycles. The molecule has 0 fully saturated rings. The molecule has 0 bridgehead atoms. The van der Waals surface area contributed by atoms with Crippen molar-refractivity contribution in [3.63, 3.8) is 0 Å². The number of nitrogens with zero attached hydrogens (tertiary/aromatic N) is 3. The summed E-state index contributed by atoms with van der Waals surface area (Å²) in [5, 5.41) is 7.50. The van der Waals surface area contributed by atoms with Crippen molar-refractivity contribution in [3.05, 3.63) is 30.6 Å². The molecule has 2 aromatic heterocycles. The fourth-order valence-corrected chi connectivity index (χ4v) is 0.772. The molecule has 13 heavy (non-hydrogen) atoms. The van der Waals surface area contributed by atoms with Gasteiger partial charge in [0.2, 0.25) is 0 Å². The van der Waals surface area contributed by atoms with Gasteiger partial charge in [-0.05, 0) is 18.1 Å². The number of pyridine rings is 1. The standard InChI is InChI=1S/C6H5N3.C4H10/c1-2-4-9-6(3-1)5-7-8-9;1-4(2)3/h1-5H;4H,1-3H3. The van der Waals surface area contributed by atoms with Crippen molar-refractivity contribution in [3.8, 4) is 0 Å². The zero-order valence-electron chi connectivity index (χ0n) is 8.31. The Balaban J connectivity index is 0.000000184. The monoisotopic (exact) mass is 177 g/mol. The highest BCUT2D eigenvalue weighted by atomic mass is 15.4. The minimum absolute atomic E-state index is 0.833. The zero-order valence-corrected chi connectivity index (χ0v) is 8.31. The molecular weight excluding hydrogens is 162 g/mol. The van der Waals surface area contributed by atoms with E-state index in [1.165, 1.54) is 0 Å². The number of rotatable bonds is 0. The lowest BCUT2D eigenvalue weighted by molar-refractivity contribution is 0.737. The third-order valence-electron chi connectivity index (χ3n) is 1.21. The molecule has 0 radical (unpaired) electrons. The number of aromatic nitrogens is 3. The summed E-state index contributed by atoms with van der Waals surface area (Å²) in [6.07, 6.45) is 3.59. The Hall–Kier alpha value is -1.38. The summed E-state index contributed by atoms with van der Waals surface area (Å²) in [7, 11) is 0. The van der Waals surface area contributed by atoms with E-state index in [9.17, 15) is 0 Å². The van der Waals surface area contributed by atoms with Crippen LogP contribution in [0.2, 0.25) is 0 Å². The molecule has 0 aromatic carbocycles. The van der Waals surface area contributed by atoms with Crippen molar-refractivity contribution < 1.29 is 0 Å². The average molecular weight is 177 g/mol. The lowest BCUT2D eigenvalue weighted by atomic mass is 10.3. The van der Waals surface area contributed by atoms with E-state index in [1.54, 1.807) is 10.7 Å². The van der Waals surface area contributed by atoms with Crippen molar-refractivity contribution in [1.29, 1.82) is 0 Å². The van der Waals surface area contributed by atoms with Crippen LogP contribution in [0.4, 0.5) is 0 Å². The van der Waals surface area contributed by atoms with Crippen molar-refractivity contribution in [1.82, 2.24) is 14.8 Å². The molecule has 3 nitrogen and oxygen atoms in total. The Kier molecular flexibility index (Phi) is 3.43. The maximum atomic E-state index is 3.79. The maximum Gasteiger partial charge on any atom is 0.0864 e. The summed E-state index contributed by atoms with van der Waals surface area (Å²) in [4.78, 5) is 0. The molecule has 3 heteroatoms. The topological polar surface area (TPSA) is 30.2 Å². The summed E-state index contributed by atoms with van der Waals surface area (Å²) in [6, 6.07) is 5.83. The van der Waals surface area contributed by atoms with Gasteiger partial charge in [-0.3, -0.25) is 0 Å². The lowest BCUT2D eigenvalue weighted by Crippen LogP contribution is -1.82. The molecule has 0 amide bonds. The first-order valence-corrected chi connectivity index (χ1v) is 4.45. The first kappa shape index (κ1) is 9.71. The van der Waals surface area contributed by atoms with Gasteiger partial charge in [0, 0.05) is 6.20 Å². The molecule has 2 rings (SSSR count). The van der Waals surface area contributed by atoms with E-state index in [0.29, 0.717) is 0 Å². The molecule has 0 aliphatic carbocycles. The maximum absolute atomic E-state index is 3.79. The highest BCUT2D eigenvalue weighted by molar-refractivity contribution is 5.41. The van der Waals surface area contributed by atoms with Gasteiger partial charge in [0.1, 0.15) is 0 Å². The Bertz CT molecular complexity index is 319. The van der Waals surface area contributed by atoms with Gasteiger partial charge in [0.15, 0.2) is 0 Å². The van der Waals surface area contributed by atoms with E-state index in [2.05, 4.69) is 31.1 Å². The third kappa shape index (κ3) is 3.23. The molecule has 0 atom stereocenters. The molecule has 70 valence electrons. The van der Waals surface area contributed by atoms with Crippen LogP contribution in [0.15, 0.2) is 30.6 Å². The van der Waals surface area contributed by atoms with E-state index >= 15 is 0 Å². The third-order valence-corrected chi connectivity index (χ3v) is 1.21. The van der Waals surface area contributed by atoms with Crippen LogP contribution in [-0.2, 0) is 0 Å². The first-order chi connectivity index (χ1) is 6.20. The Morgan fingerprint density at radius 1 is 1.23 bits per heavy atom. The van der Waals surface area contributed by atoms with Crippen LogP contribution in [-0.4, -0.2) is 14.8 Å². The Labute approximate surface area is 78.4 Å². The van der Waals surface area contributed by atoms with E-state index < -0.39 is 0 Å². The fraction of sp³-hybridized carbons (Fsp3) is 0.400. The van der Waals surface area contributed by atoms with E-state index in [-0.39, 0.29) is 0 Å². The van der Waals surface area contributed by atoms with E-state index in [4.69, 9.17) is 0 Å². The molecule has 0 N–H and O–H groups in total. The molecule has 2 heterocycles. The number of fused-ring (bicyclic) bond motifs is 1. The Morgan fingerprint density at radius 2 is 1.92 bits per heavy atom. The van der Waals surface area contributed by atoms with Crippen molar-refractivity contribution in [2.24, 2.45) is 5.92 Å². The van der Waals surface area contributed by atoms with Gasteiger partial charge in [0.05, 0.1) is 11.7 Å². The number of hydrogen-bond donors (Lipinski definition) is 0. The van der Waals surface area contributed by atoms with Gasteiger partial charge in [-0.1, -0.05) is 32.1 Å². The highest BCUT2D eigenvalue weighted by Gasteiger charge is 1.86. The van der Waals surface area contributed by atoms with Gasteiger partial charge in [0.25, 0.3) is 0 Å². The van der Waals surface area contributed by atoms with Crippen LogP contribution in [0.1, 0.15) is 20.8 Å². The van der Waals surface area contributed by atoms with E-state index in [1.807, 2.05) is 24.4 Å². The summed E-state index contributed by atoms with van der Waals surface area (Å²) in [5.41, 5.74) is 1.03. The summed E-state index contributed by atoms with van der Waals surface area (Å²) in [5.74, 6) is 0.833. The minimum Gasteiger partial charge on any atom is -0.221 e. The van der Waals surface area contributed by atoms with Crippen LogP contribution in [0.25, 0.3) is 5.52 Å². The molecule has 0 aliphatic heterocycles. The first-order valence-electron chi connectivity index (χ1n) is 4.45. The Morgan fingerprint density at radius 3 is 2.54 bits per heavy atom. The van der Waals surface area contributed by atoms with Gasteiger partial charge in [-0.25, -0.2) is 4.52 Å². The smallest absolute Gasteiger partial charge is 0.0864 e. The van der Waals surface area contributed by atoms with Crippen LogP contribution in [0.3, 0.4) is 0 Å². The normalized spacial score (nSPS) is 9.85. The summed E-state index contributed by atoms with van der Waals surface area (Å²) in [6.45, 7) is 6.50. The largest absolute Gasteiger partial charge is 0.221 e. The second kappa shape index (κ2) is 4.60. The quantitative estimate of drug-likeness (QED) is 0.618. The van der Waals surface area contributed by atoms with Gasteiger partial charge in [-0.2, -0.15) is 0 Å². The van der Waals surface area contributed by atoms with Gasteiger partial charge < -0.3 is 0 Å². The second-order valence-corrected chi connectivity index (χ2v) is 3.54. The minimum atomic E-state index is 0.833. The highest BCUT2D eigenvalue weighted by Crippen LogP contribution is 1.95. The van der Waals surface area contributed by atoms with Crippen LogP contribution >= 0.6 is 0 Å². The summed E-state index contributed by atoms with van der Waals surface area (Å²) >= 11 is 0. The van der Waals surface area contributed by atoms with Crippen molar-refractivity contribution >= 4 is 5.52 Å². The predicted molar refractivity (Wildman–Crippen MR) is 53.5 cm³/mol. The van der Waals surface area contributed by atoms with Crippen LogP contribution in [0, 0.1) is 5.92 Å². The van der Waals surface area contributed by atoms with Crippen molar-refractivity contribution in [2.45, 2.75) is 20.8 Å². The zero-order chi connectivity index (χ0) is 9.68. The SMILES string of the molecule is CC(C)C.c1ccn2nncc2c1. The van der Waals surface area contributed by atoms with E-state index in [0.717, 1.165) is 11.4 Å². The van der Waals surface area contributed by atoms with Crippen molar-refractivity contribution in [2.75, 3.05) is 0 Å². The fourth-order valence-electron chi connectivity index (χ4n) is 0.772. The second-order valence-electron chi connectivity index (χ2n) is 3.54. The number of hydrogen-bond acceptors (Lipinski definition) is 2. The van der Waals surface area contributed by atoms with Gasteiger partial charge in [-0.15, -0.1) is 5.10 Å². The molecular formula is C10H15N3. The predicted octanol–water partition coefficient (Wildman–Crippen LogP) is 2.39. The van der Waals surface area contributed by atoms with Crippen LogP contribution < -0.4 is 0 Å².